The highest BCUT2D eigenvalue weighted by Crippen LogP contribution is 2.18. The highest BCUT2D eigenvalue weighted by Gasteiger charge is 2.08. The average molecular weight is 261 g/mol. The van der Waals surface area contributed by atoms with Crippen LogP contribution in [0.25, 0.3) is 0 Å². The van der Waals surface area contributed by atoms with Crippen molar-refractivity contribution < 1.29 is 13.9 Å². The van der Waals surface area contributed by atoms with E-state index in [9.17, 15) is 9.18 Å². The van der Waals surface area contributed by atoms with Crippen LogP contribution in [0.5, 0.6) is 5.75 Å². The second-order valence-corrected chi connectivity index (χ2v) is 3.50. The molecule has 76 valence electrons. The van der Waals surface area contributed by atoms with Crippen molar-refractivity contribution >= 4 is 21.7 Å². The molecule has 4 heteroatoms. The van der Waals surface area contributed by atoms with Crippen LogP contribution in [0.3, 0.4) is 0 Å². The molecule has 2 nitrogen and oxygen atoms in total. The summed E-state index contributed by atoms with van der Waals surface area (Å²) in [4.78, 5) is 11.4. The number of Topliss-reactive ketones (excluding diaryl/α,β-unsaturated/α-hetero) is 1. The van der Waals surface area contributed by atoms with E-state index in [4.69, 9.17) is 4.74 Å². The third kappa shape index (κ3) is 2.54. The number of carbonyl (C=O) groups excluding carboxylic acids is 1. The molecule has 14 heavy (non-hydrogen) atoms. The molecule has 0 saturated heterocycles. The lowest BCUT2D eigenvalue weighted by Gasteiger charge is -2.03. The van der Waals surface area contributed by atoms with Gasteiger partial charge in [0.15, 0.2) is 17.3 Å². The SMILES string of the molecule is COc1ccc(C(=O)CCBr)cc1F. The fraction of sp³-hybridized carbons (Fsp3) is 0.300. The number of rotatable bonds is 4. The third-order valence-electron chi connectivity index (χ3n) is 1.80. The fourth-order valence-corrected chi connectivity index (χ4v) is 1.43. The number of ketones is 1. The van der Waals surface area contributed by atoms with Gasteiger partial charge in [0.1, 0.15) is 0 Å². The van der Waals surface area contributed by atoms with Gasteiger partial charge in [0.2, 0.25) is 0 Å². The largest absolute Gasteiger partial charge is 0.494 e. The molecule has 0 saturated carbocycles. The zero-order valence-electron chi connectivity index (χ0n) is 7.72. The Morgan fingerprint density at radius 3 is 2.79 bits per heavy atom. The second kappa shape index (κ2) is 5.10. The van der Waals surface area contributed by atoms with Crippen molar-refractivity contribution in [3.63, 3.8) is 0 Å². The van der Waals surface area contributed by atoms with Gasteiger partial charge in [-0.1, -0.05) is 15.9 Å². The van der Waals surface area contributed by atoms with E-state index in [-0.39, 0.29) is 11.5 Å². The molecule has 1 rings (SSSR count). The van der Waals surface area contributed by atoms with E-state index in [1.165, 1.54) is 19.2 Å². The summed E-state index contributed by atoms with van der Waals surface area (Å²) < 4.78 is 17.9. The van der Waals surface area contributed by atoms with Gasteiger partial charge < -0.3 is 4.74 Å². The Labute approximate surface area is 90.2 Å². The molecule has 0 radical (unpaired) electrons. The van der Waals surface area contributed by atoms with Crippen molar-refractivity contribution in [2.24, 2.45) is 0 Å². The maximum Gasteiger partial charge on any atom is 0.165 e. The van der Waals surface area contributed by atoms with Crippen molar-refractivity contribution in [3.8, 4) is 5.75 Å². The molecule has 0 amide bonds. The summed E-state index contributed by atoms with van der Waals surface area (Å²) >= 11 is 3.15. The summed E-state index contributed by atoms with van der Waals surface area (Å²) in [7, 11) is 1.39. The smallest absolute Gasteiger partial charge is 0.165 e. The maximum absolute atomic E-state index is 13.2. The number of methoxy groups -OCH3 is 1. The van der Waals surface area contributed by atoms with Crippen molar-refractivity contribution in [2.45, 2.75) is 6.42 Å². The highest BCUT2D eigenvalue weighted by atomic mass is 79.9. The molecule has 0 aliphatic rings. The highest BCUT2D eigenvalue weighted by molar-refractivity contribution is 9.09. The molecule has 0 N–H and O–H groups in total. The van der Waals surface area contributed by atoms with Gasteiger partial charge >= 0.3 is 0 Å². The molecule has 0 aliphatic heterocycles. The first-order valence-electron chi connectivity index (χ1n) is 4.11. The van der Waals surface area contributed by atoms with E-state index in [0.29, 0.717) is 17.3 Å². The van der Waals surface area contributed by atoms with Crippen LogP contribution in [0.1, 0.15) is 16.8 Å². The predicted octanol–water partition coefficient (Wildman–Crippen LogP) is 2.80. The van der Waals surface area contributed by atoms with Crippen LogP contribution >= 0.6 is 15.9 Å². The number of hydrogen-bond acceptors (Lipinski definition) is 2. The van der Waals surface area contributed by atoms with Gasteiger partial charge in [-0.05, 0) is 18.2 Å². The first-order valence-corrected chi connectivity index (χ1v) is 5.24. The quantitative estimate of drug-likeness (QED) is 0.615. The summed E-state index contributed by atoms with van der Waals surface area (Å²) in [5.41, 5.74) is 0.378. The molecule has 0 spiro atoms. The molecule has 0 atom stereocenters. The Kier molecular flexibility index (Phi) is 4.07. The molecule has 0 fully saturated rings. The molecule has 0 heterocycles. The Bertz CT molecular complexity index is 339. The summed E-state index contributed by atoms with van der Waals surface area (Å²) in [5.74, 6) is -0.434. The van der Waals surface area contributed by atoms with Crippen LogP contribution in [0.15, 0.2) is 18.2 Å². The Morgan fingerprint density at radius 1 is 1.57 bits per heavy atom. The predicted molar refractivity (Wildman–Crippen MR) is 55.7 cm³/mol. The summed E-state index contributed by atoms with van der Waals surface area (Å²) in [5, 5.41) is 0.583. The molecule has 0 aliphatic carbocycles. The minimum absolute atomic E-state index is 0.0802. The van der Waals surface area contributed by atoms with E-state index in [1.54, 1.807) is 6.07 Å². The van der Waals surface area contributed by atoms with Gasteiger partial charge in [-0.2, -0.15) is 0 Å². The van der Waals surface area contributed by atoms with E-state index in [1.807, 2.05) is 0 Å². The van der Waals surface area contributed by atoms with Crippen molar-refractivity contribution in [2.75, 3.05) is 12.4 Å². The Hall–Kier alpha value is -0.900. The molecule has 0 unspecified atom stereocenters. The van der Waals surface area contributed by atoms with Crippen LogP contribution in [0.4, 0.5) is 4.39 Å². The normalized spacial score (nSPS) is 9.93. The van der Waals surface area contributed by atoms with Gasteiger partial charge in [0.25, 0.3) is 0 Å². The number of benzene rings is 1. The van der Waals surface area contributed by atoms with Gasteiger partial charge in [-0.3, -0.25) is 4.79 Å². The molecule has 0 bridgehead atoms. The Balaban J connectivity index is 2.91. The minimum Gasteiger partial charge on any atom is -0.494 e. The van der Waals surface area contributed by atoms with E-state index >= 15 is 0 Å². The molecular formula is C10H10BrFO2. The van der Waals surface area contributed by atoms with Gasteiger partial charge in [-0.15, -0.1) is 0 Å². The fourth-order valence-electron chi connectivity index (χ4n) is 1.07. The topological polar surface area (TPSA) is 26.3 Å². The first kappa shape index (κ1) is 11.2. The lowest BCUT2D eigenvalue weighted by Crippen LogP contribution is -2.00. The van der Waals surface area contributed by atoms with Crippen molar-refractivity contribution in [3.05, 3.63) is 29.6 Å². The van der Waals surface area contributed by atoms with Gasteiger partial charge in [0.05, 0.1) is 7.11 Å². The number of ether oxygens (including phenoxy) is 1. The zero-order valence-corrected chi connectivity index (χ0v) is 9.30. The van der Waals surface area contributed by atoms with E-state index in [0.717, 1.165) is 0 Å². The lowest BCUT2D eigenvalue weighted by molar-refractivity contribution is 0.0989. The van der Waals surface area contributed by atoms with Crippen molar-refractivity contribution in [1.82, 2.24) is 0 Å². The van der Waals surface area contributed by atoms with E-state index in [2.05, 4.69) is 15.9 Å². The van der Waals surface area contributed by atoms with Gasteiger partial charge in [-0.25, -0.2) is 4.39 Å². The maximum atomic E-state index is 13.2. The second-order valence-electron chi connectivity index (χ2n) is 2.71. The van der Waals surface area contributed by atoms with Crippen LogP contribution < -0.4 is 4.74 Å². The summed E-state index contributed by atoms with van der Waals surface area (Å²) in [6, 6.07) is 4.22. The molecule has 0 aromatic heterocycles. The van der Waals surface area contributed by atoms with Crippen molar-refractivity contribution in [1.29, 1.82) is 0 Å². The van der Waals surface area contributed by atoms with E-state index < -0.39 is 5.82 Å². The first-order chi connectivity index (χ1) is 6.69. The number of carbonyl (C=O) groups is 1. The number of hydrogen-bond donors (Lipinski definition) is 0. The third-order valence-corrected chi connectivity index (χ3v) is 2.19. The molecule has 1 aromatic carbocycles. The molecule has 1 aromatic rings. The standard InChI is InChI=1S/C10H10BrFO2/c1-14-10-3-2-7(6-8(10)12)9(13)4-5-11/h2-3,6H,4-5H2,1H3. The average Bonchev–Trinajstić information content (AvgIpc) is 2.18. The van der Waals surface area contributed by atoms with Crippen LogP contribution in [0.2, 0.25) is 0 Å². The van der Waals surface area contributed by atoms with Crippen LogP contribution in [-0.4, -0.2) is 18.2 Å². The molecular weight excluding hydrogens is 251 g/mol. The monoisotopic (exact) mass is 260 g/mol. The number of halogens is 2. The summed E-state index contributed by atoms with van der Waals surface area (Å²) in [6.45, 7) is 0. The van der Waals surface area contributed by atoms with Crippen LogP contribution in [0, 0.1) is 5.82 Å². The van der Waals surface area contributed by atoms with Gasteiger partial charge in [0, 0.05) is 17.3 Å². The minimum atomic E-state index is -0.507. The van der Waals surface area contributed by atoms with Crippen LogP contribution in [-0.2, 0) is 0 Å². The summed E-state index contributed by atoms with van der Waals surface area (Å²) in [6.07, 6.45) is 0.367. The Morgan fingerprint density at radius 2 is 2.29 bits per heavy atom. The zero-order chi connectivity index (χ0) is 10.6. The lowest BCUT2D eigenvalue weighted by atomic mass is 10.1. The number of alkyl halides is 1.